The highest BCUT2D eigenvalue weighted by atomic mass is 32.2. The smallest absolute Gasteiger partial charge is 0.303 e. The molecule has 2 saturated heterocycles. The lowest BCUT2D eigenvalue weighted by atomic mass is 10.1. The van der Waals surface area contributed by atoms with Crippen molar-refractivity contribution in [3.05, 3.63) is 29.8 Å². The molecule has 2 atom stereocenters. The molecule has 2 heterocycles. The first-order valence-corrected chi connectivity index (χ1v) is 11.1. The van der Waals surface area contributed by atoms with E-state index in [9.17, 15) is 18.0 Å². The third-order valence-electron chi connectivity index (χ3n) is 4.48. The third kappa shape index (κ3) is 4.62. The van der Waals surface area contributed by atoms with E-state index in [1.807, 2.05) is 29.2 Å². The Morgan fingerprint density at radius 2 is 2.04 bits per heavy atom. The van der Waals surface area contributed by atoms with Crippen LogP contribution in [0.3, 0.4) is 0 Å². The van der Waals surface area contributed by atoms with E-state index in [4.69, 9.17) is 9.84 Å². The molecule has 1 amide bonds. The van der Waals surface area contributed by atoms with Gasteiger partial charge in [0.25, 0.3) is 0 Å². The molecule has 8 nitrogen and oxygen atoms in total. The molecule has 0 unspecified atom stereocenters. The van der Waals surface area contributed by atoms with E-state index in [1.54, 1.807) is 7.11 Å². The summed E-state index contributed by atoms with van der Waals surface area (Å²) in [6, 6.07) is 7.13. The number of aliphatic imine (C=N–C) groups is 1. The molecule has 2 aliphatic heterocycles. The van der Waals surface area contributed by atoms with Gasteiger partial charge >= 0.3 is 5.97 Å². The maximum Gasteiger partial charge on any atom is 0.303 e. The second-order valence-corrected chi connectivity index (χ2v) is 9.78. The summed E-state index contributed by atoms with van der Waals surface area (Å²) >= 11 is 1.27. The Morgan fingerprint density at radius 3 is 2.74 bits per heavy atom. The normalized spacial score (nSPS) is 24.8. The minimum atomic E-state index is -3.13. The highest BCUT2D eigenvalue weighted by molar-refractivity contribution is 8.15. The van der Waals surface area contributed by atoms with Crippen LogP contribution in [0.25, 0.3) is 0 Å². The monoisotopic (exact) mass is 412 g/mol. The molecule has 1 aromatic carbocycles. The number of rotatable bonds is 6. The number of amides is 1. The molecule has 10 heteroatoms. The van der Waals surface area contributed by atoms with Crippen molar-refractivity contribution in [2.75, 3.05) is 18.6 Å². The summed E-state index contributed by atoms with van der Waals surface area (Å²) in [5, 5.41) is 8.98. The summed E-state index contributed by atoms with van der Waals surface area (Å²) < 4.78 is 29.4. The number of sulfone groups is 1. The fraction of sp³-hybridized carbons (Fsp3) is 0.471. The predicted octanol–water partition coefficient (Wildman–Crippen LogP) is 1.16. The number of benzene rings is 1. The number of para-hydroxylation sites is 1. The van der Waals surface area contributed by atoms with E-state index >= 15 is 0 Å². The number of ether oxygens (including phenoxy) is 1. The van der Waals surface area contributed by atoms with Crippen LogP contribution in [0.5, 0.6) is 5.75 Å². The zero-order valence-electron chi connectivity index (χ0n) is 14.7. The van der Waals surface area contributed by atoms with Crippen molar-refractivity contribution >= 4 is 38.6 Å². The second kappa shape index (κ2) is 7.89. The number of hydrogen-bond donors (Lipinski definition) is 1. The number of aliphatic carboxylic acids is 1. The number of carboxylic acids is 1. The van der Waals surface area contributed by atoms with Crippen LogP contribution in [0.2, 0.25) is 0 Å². The molecule has 0 radical (unpaired) electrons. The van der Waals surface area contributed by atoms with Gasteiger partial charge in [-0.25, -0.2) is 8.42 Å². The van der Waals surface area contributed by atoms with Crippen LogP contribution in [0.4, 0.5) is 0 Å². The number of nitrogens with zero attached hydrogens (tertiary/aromatic N) is 2. The minimum absolute atomic E-state index is 0.0160. The van der Waals surface area contributed by atoms with Gasteiger partial charge in [-0.2, -0.15) is 4.99 Å². The maximum absolute atomic E-state index is 12.0. The molecule has 0 saturated carbocycles. The first kappa shape index (κ1) is 19.7. The van der Waals surface area contributed by atoms with Crippen molar-refractivity contribution in [3.8, 4) is 5.75 Å². The average Bonchev–Trinajstić information content (AvgIpc) is 3.06. The van der Waals surface area contributed by atoms with E-state index in [-0.39, 0.29) is 35.6 Å². The summed E-state index contributed by atoms with van der Waals surface area (Å²) in [6.45, 7) is 0.360. The van der Waals surface area contributed by atoms with Gasteiger partial charge in [0.2, 0.25) is 5.91 Å². The lowest BCUT2D eigenvalue weighted by Crippen LogP contribution is -2.37. The Bertz CT molecular complexity index is 883. The molecule has 0 bridgehead atoms. The molecule has 0 aromatic heterocycles. The fourth-order valence-corrected chi connectivity index (χ4v) is 7.18. The minimum Gasteiger partial charge on any atom is -0.496 e. The molecule has 0 spiro atoms. The topological polar surface area (TPSA) is 113 Å². The number of hydrogen-bond acceptors (Lipinski definition) is 6. The molecule has 3 rings (SSSR count). The number of carbonyl (C=O) groups excluding carboxylic acids is 1. The lowest BCUT2D eigenvalue weighted by Gasteiger charge is -2.25. The summed E-state index contributed by atoms with van der Waals surface area (Å²) in [7, 11) is -1.57. The summed E-state index contributed by atoms with van der Waals surface area (Å²) in [6.07, 6.45) is -0.469. The van der Waals surface area contributed by atoms with Gasteiger partial charge in [0, 0.05) is 23.8 Å². The first-order chi connectivity index (χ1) is 12.8. The van der Waals surface area contributed by atoms with Crippen LogP contribution in [-0.2, 0) is 26.0 Å². The number of carbonyl (C=O) groups is 2. The zero-order chi connectivity index (χ0) is 19.6. The third-order valence-corrected chi connectivity index (χ3v) is 7.73. The molecule has 146 valence electrons. The molecule has 1 aromatic rings. The molecular weight excluding hydrogens is 392 g/mol. The molecule has 2 aliphatic rings. The number of carboxylic acid groups (broad SMARTS) is 1. The Labute approximate surface area is 161 Å². The van der Waals surface area contributed by atoms with Crippen LogP contribution in [0.15, 0.2) is 29.3 Å². The van der Waals surface area contributed by atoms with Gasteiger partial charge in [0.15, 0.2) is 15.0 Å². The van der Waals surface area contributed by atoms with Crippen molar-refractivity contribution in [1.29, 1.82) is 0 Å². The number of methoxy groups -OCH3 is 1. The van der Waals surface area contributed by atoms with Crippen LogP contribution in [0, 0.1) is 0 Å². The van der Waals surface area contributed by atoms with Crippen molar-refractivity contribution in [2.24, 2.45) is 4.99 Å². The predicted molar refractivity (Wildman–Crippen MR) is 102 cm³/mol. The first-order valence-electron chi connectivity index (χ1n) is 8.38. The standard InChI is InChI=1S/C17H20N2O6S2/c1-25-13-5-3-2-4-11(13)8-19-12-9-27(23,24)10-14(12)26-17(19)18-15(20)6-7-16(21)22/h2-5,12,14H,6-10H2,1H3,(H,21,22)/t12-,14+/m1/s1. The van der Waals surface area contributed by atoms with Crippen LogP contribution >= 0.6 is 11.8 Å². The Balaban J connectivity index is 1.86. The highest BCUT2D eigenvalue weighted by Crippen LogP contribution is 2.39. The van der Waals surface area contributed by atoms with Crippen LogP contribution in [0.1, 0.15) is 18.4 Å². The van der Waals surface area contributed by atoms with Crippen molar-refractivity contribution in [2.45, 2.75) is 30.7 Å². The van der Waals surface area contributed by atoms with Crippen molar-refractivity contribution in [1.82, 2.24) is 4.90 Å². The number of thioether (sulfide) groups is 1. The van der Waals surface area contributed by atoms with Gasteiger partial charge in [-0.3, -0.25) is 9.59 Å². The fourth-order valence-electron chi connectivity index (χ4n) is 3.21. The van der Waals surface area contributed by atoms with Crippen LogP contribution < -0.4 is 4.74 Å². The zero-order valence-corrected chi connectivity index (χ0v) is 16.3. The van der Waals surface area contributed by atoms with Crippen molar-refractivity contribution < 1.29 is 27.9 Å². The number of fused-ring (bicyclic) bond motifs is 1. The highest BCUT2D eigenvalue weighted by Gasteiger charge is 2.48. The molecule has 2 fully saturated rings. The van der Waals surface area contributed by atoms with Gasteiger partial charge in [-0.05, 0) is 6.07 Å². The maximum atomic E-state index is 12.0. The summed E-state index contributed by atoms with van der Waals surface area (Å²) in [5.41, 5.74) is 0.858. The molecule has 27 heavy (non-hydrogen) atoms. The van der Waals surface area contributed by atoms with Crippen LogP contribution in [-0.4, -0.2) is 65.4 Å². The van der Waals surface area contributed by atoms with Gasteiger partial charge in [-0.1, -0.05) is 30.0 Å². The Hall–Kier alpha value is -2.07. The molecular formula is C17H20N2O6S2. The lowest BCUT2D eigenvalue weighted by molar-refractivity contribution is -0.138. The SMILES string of the molecule is COc1ccccc1CN1C(=NC(=O)CCC(=O)O)S[C@H]2CS(=O)(=O)C[C@H]21. The summed E-state index contributed by atoms with van der Waals surface area (Å²) in [5.74, 6) is -0.845. The average molecular weight is 412 g/mol. The van der Waals surface area contributed by atoms with Crippen molar-refractivity contribution in [3.63, 3.8) is 0 Å². The van der Waals surface area contributed by atoms with E-state index in [0.29, 0.717) is 17.5 Å². The summed E-state index contributed by atoms with van der Waals surface area (Å²) in [4.78, 5) is 28.6. The van der Waals surface area contributed by atoms with Gasteiger partial charge in [-0.15, -0.1) is 0 Å². The van der Waals surface area contributed by atoms with E-state index in [1.165, 1.54) is 11.8 Å². The van der Waals surface area contributed by atoms with E-state index < -0.39 is 21.7 Å². The van der Waals surface area contributed by atoms with E-state index in [0.717, 1.165) is 5.56 Å². The second-order valence-electron chi connectivity index (χ2n) is 6.42. The van der Waals surface area contributed by atoms with Gasteiger partial charge < -0.3 is 14.7 Å². The Morgan fingerprint density at radius 1 is 1.30 bits per heavy atom. The number of amidine groups is 1. The molecule has 1 N–H and O–H groups in total. The van der Waals surface area contributed by atoms with Gasteiger partial charge in [0.1, 0.15) is 5.75 Å². The quantitative estimate of drug-likeness (QED) is 0.740. The molecule has 0 aliphatic carbocycles. The largest absolute Gasteiger partial charge is 0.496 e. The Kier molecular flexibility index (Phi) is 5.75. The van der Waals surface area contributed by atoms with Gasteiger partial charge in [0.05, 0.1) is 31.1 Å². The van der Waals surface area contributed by atoms with E-state index in [2.05, 4.69) is 4.99 Å².